The Bertz CT molecular complexity index is 662. The summed E-state index contributed by atoms with van der Waals surface area (Å²) in [6.45, 7) is 3.77. The van der Waals surface area contributed by atoms with Crippen LogP contribution in [0.1, 0.15) is 27.3 Å². The number of rotatable bonds is 3. The van der Waals surface area contributed by atoms with Crippen molar-refractivity contribution in [3.63, 3.8) is 0 Å². The molecule has 0 unspecified atom stereocenters. The molecule has 1 heterocycles. The molecule has 0 saturated carbocycles. The monoisotopic (exact) mass is 286 g/mol. The molecular formula is C15H18N4O2. The van der Waals surface area contributed by atoms with Gasteiger partial charge in [-0.3, -0.25) is 25.1 Å². The van der Waals surface area contributed by atoms with Crippen LogP contribution in [0.15, 0.2) is 30.3 Å². The standard InChI is InChI=1S/C15H18N4O2/c1-10-13(11(2)19(3)18-10)9-14(20)16-17-15(21)12-7-5-4-6-8-12/h4-8H,9H2,1-3H3,(H,16,20)(H,17,21). The van der Waals surface area contributed by atoms with Crippen LogP contribution >= 0.6 is 0 Å². The first-order valence-corrected chi connectivity index (χ1v) is 6.62. The van der Waals surface area contributed by atoms with E-state index in [4.69, 9.17) is 0 Å². The van der Waals surface area contributed by atoms with Crippen LogP contribution in [-0.4, -0.2) is 21.6 Å². The summed E-state index contributed by atoms with van der Waals surface area (Å²) in [6.07, 6.45) is 0.181. The summed E-state index contributed by atoms with van der Waals surface area (Å²) in [5.41, 5.74) is 7.95. The van der Waals surface area contributed by atoms with Gasteiger partial charge in [-0.2, -0.15) is 5.10 Å². The number of amides is 2. The molecule has 21 heavy (non-hydrogen) atoms. The van der Waals surface area contributed by atoms with Gasteiger partial charge in [0.15, 0.2) is 0 Å². The van der Waals surface area contributed by atoms with Crippen LogP contribution < -0.4 is 10.9 Å². The molecule has 1 aromatic carbocycles. The van der Waals surface area contributed by atoms with Gasteiger partial charge in [-0.25, -0.2) is 0 Å². The molecule has 0 aliphatic heterocycles. The number of carbonyl (C=O) groups is 2. The number of aryl methyl sites for hydroxylation is 2. The summed E-state index contributed by atoms with van der Waals surface area (Å²) in [7, 11) is 1.83. The van der Waals surface area contributed by atoms with Crippen LogP contribution in [0.25, 0.3) is 0 Å². The van der Waals surface area contributed by atoms with Crippen molar-refractivity contribution in [2.75, 3.05) is 0 Å². The number of hydrazine groups is 1. The number of carbonyl (C=O) groups excluding carboxylic acids is 2. The molecule has 0 radical (unpaired) electrons. The van der Waals surface area contributed by atoms with Crippen molar-refractivity contribution in [3.8, 4) is 0 Å². The molecule has 6 nitrogen and oxygen atoms in total. The van der Waals surface area contributed by atoms with Crippen molar-refractivity contribution in [2.24, 2.45) is 7.05 Å². The van der Waals surface area contributed by atoms with E-state index in [-0.39, 0.29) is 18.2 Å². The third kappa shape index (κ3) is 3.47. The summed E-state index contributed by atoms with van der Waals surface area (Å²) in [6, 6.07) is 8.70. The van der Waals surface area contributed by atoms with Gasteiger partial charge in [0.2, 0.25) is 5.91 Å². The van der Waals surface area contributed by atoms with Crippen LogP contribution in [0, 0.1) is 13.8 Å². The summed E-state index contributed by atoms with van der Waals surface area (Å²) >= 11 is 0. The van der Waals surface area contributed by atoms with Crippen molar-refractivity contribution in [1.82, 2.24) is 20.6 Å². The summed E-state index contributed by atoms with van der Waals surface area (Å²) in [5.74, 6) is -0.623. The predicted octanol–water partition coefficient (Wildman–Crippen LogP) is 1.04. The second-order valence-electron chi connectivity index (χ2n) is 4.82. The fourth-order valence-corrected chi connectivity index (χ4v) is 2.07. The van der Waals surface area contributed by atoms with Crippen molar-refractivity contribution < 1.29 is 9.59 Å². The summed E-state index contributed by atoms with van der Waals surface area (Å²) < 4.78 is 1.74. The van der Waals surface area contributed by atoms with Crippen LogP contribution in [0.4, 0.5) is 0 Å². The predicted molar refractivity (Wildman–Crippen MR) is 78.4 cm³/mol. The SMILES string of the molecule is Cc1nn(C)c(C)c1CC(=O)NNC(=O)c1ccccc1. The van der Waals surface area contributed by atoms with Crippen molar-refractivity contribution in [3.05, 3.63) is 52.8 Å². The zero-order valence-electron chi connectivity index (χ0n) is 12.3. The molecule has 0 bridgehead atoms. The molecule has 1 aromatic heterocycles. The van der Waals surface area contributed by atoms with E-state index < -0.39 is 0 Å². The Morgan fingerprint density at radius 2 is 1.81 bits per heavy atom. The number of nitrogens with zero attached hydrogens (tertiary/aromatic N) is 2. The molecule has 2 rings (SSSR count). The van der Waals surface area contributed by atoms with Gasteiger partial charge in [-0.1, -0.05) is 18.2 Å². The van der Waals surface area contributed by atoms with Gasteiger partial charge >= 0.3 is 0 Å². The molecule has 110 valence electrons. The molecule has 6 heteroatoms. The Kier molecular flexibility index (Phi) is 4.37. The van der Waals surface area contributed by atoms with E-state index in [0.29, 0.717) is 5.56 Å². The third-order valence-electron chi connectivity index (χ3n) is 3.35. The summed E-state index contributed by atoms with van der Waals surface area (Å²) in [4.78, 5) is 23.7. The first kappa shape index (κ1) is 14.8. The van der Waals surface area contributed by atoms with Crippen LogP contribution in [0.3, 0.4) is 0 Å². The molecule has 0 aliphatic rings. The van der Waals surface area contributed by atoms with E-state index in [1.807, 2.05) is 27.0 Å². The highest BCUT2D eigenvalue weighted by Crippen LogP contribution is 2.12. The van der Waals surface area contributed by atoms with Crippen LogP contribution in [0.5, 0.6) is 0 Å². The fraction of sp³-hybridized carbons (Fsp3) is 0.267. The molecule has 0 atom stereocenters. The van der Waals surface area contributed by atoms with Crippen LogP contribution in [0.2, 0.25) is 0 Å². The zero-order valence-corrected chi connectivity index (χ0v) is 12.3. The fourth-order valence-electron chi connectivity index (χ4n) is 2.07. The topological polar surface area (TPSA) is 76.0 Å². The Morgan fingerprint density at radius 3 is 2.38 bits per heavy atom. The van der Waals surface area contributed by atoms with Gasteiger partial charge in [-0.05, 0) is 26.0 Å². The quantitative estimate of drug-likeness (QED) is 0.828. The Hall–Kier alpha value is -2.63. The van der Waals surface area contributed by atoms with E-state index in [9.17, 15) is 9.59 Å². The first-order chi connectivity index (χ1) is 9.99. The Labute approximate surface area is 123 Å². The molecule has 2 amide bonds. The number of hydrogen-bond donors (Lipinski definition) is 2. The number of benzene rings is 1. The van der Waals surface area contributed by atoms with E-state index >= 15 is 0 Å². The third-order valence-corrected chi connectivity index (χ3v) is 3.35. The van der Waals surface area contributed by atoms with Gasteiger partial charge in [0, 0.05) is 23.9 Å². The maximum absolute atomic E-state index is 11.9. The molecule has 2 N–H and O–H groups in total. The zero-order chi connectivity index (χ0) is 15.4. The normalized spacial score (nSPS) is 10.2. The van der Waals surface area contributed by atoms with Crippen molar-refractivity contribution in [1.29, 1.82) is 0 Å². The van der Waals surface area contributed by atoms with E-state index in [1.54, 1.807) is 28.9 Å². The molecule has 0 fully saturated rings. The minimum atomic E-state index is -0.344. The highest BCUT2D eigenvalue weighted by Gasteiger charge is 2.14. The summed E-state index contributed by atoms with van der Waals surface area (Å²) in [5, 5.41) is 4.26. The Balaban J connectivity index is 1.92. The lowest BCUT2D eigenvalue weighted by Crippen LogP contribution is -2.42. The largest absolute Gasteiger partial charge is 0.273 e. The molecule has 0 saturated heterocycles. The molecular weight excluding hydrogens is 268 g/mol. The molecule has 0 spiro atoms. The van der Waals surface area contributed by atoms with E-state index in [1.165, 1.54) is 0 Å². The maximum atomic E-state index is 11.9. The van der Waals surface area contributed by atoms with Gasteiger partial charge in [0.1, 0.15) is 0 Å². The lowest BCUT2D eigenvalue weighted by atomic mass is 10.1. The number of aromatic nitrogens is 2. The second-order valence-corrected chi connectivity index (χ2v) is 4.82. The minimum absolute atomic E-state index is 0.181. The molecule has 2 aromatic rings. The van der Waals surface area contributed by atoms with E-state index in [2.05, 4.69) is 16.0 Å². The van der Waals surface area contributed by atoms with Crippen LogP contribution in [-0.2, 0) is 18.3 Å². The molecule has 0 aliphatic carbocycles. The average Bonchev–Trinajstić information content (AvgIpc) is 2.72. The minimum Gasteiger partial charge on any atom is -0.273 e. The number of hydrogen-bond acceptors (Lipinski definition) is 3. The highest BCUT2D eigenvalue weighted by molar-refractivity contribution is 5.95. The van der Waals surface area contributed by atoms with Gasteiger partial charge in [0.05, 0.1) is 12.1 Å². The average molecular weight is 286 g/mol. The lowest BCUT2D eigenvalue weighted by Gasteiger charge is -2.07. The highest BCUT2D eigenvalue weighted by atomic mass is 16.2. The van der Waals surface area contributed by atoms with Gasteiger partial charge < -0.3 is 0 Å². The second kappa shape index (κ2) is 6.21. The first-order valence-electron chi connectivity index (χ1n) is 6.62. The van der Waals surface area contributed by atoms with Gasteiger partial charge in [-0.15, -0.1) is 0 Å². The van der Waals surface area contributed by atoms with Crippen molar-refractivity contribution >= 4 is 11.8 Å². The maximum Gasteiger partial charge on any atom is 0.269 e. The Morgan fingerprint density at radius 1 is 1.14 bits per heavy atom. The van der Waals surface area contributed by atoms with Gasteiger partial charge in [0.25, 0.3) is 5.91 Å². The van der Waals surface area contributed by atoms with Crippen molar-refractivity contribution in [2.45, 2.75) is 20.3 Å². The lowest BCUT2D eigenvalue weighted by molar-refractivity contribution is -0.121. The number of nitrogens with one attached hydrogen (secondary N) is 2. The smallest absolute Gasteiger partial charge is 0.269 e. The van der Waals surface area contributed by atoms with E-state index in [0.717, 1.165) is 17.0 Å².